The van der Waals surface area contributed by atoms with Crippen molar-refractivity contribution in [3.8, 4) is 0 Å². The smallest absolute Gasteiger partial charge is 0.333 e. The lowest BCUT2D eigenvalue weighted by Gasteiger charge is -2.56. The molecule has 1 aliphatic heterocycles. The molecule has 3 fully saturated rings. The summed E-state index contributed by atoms with van der Waals surface area (Å²) in [6, 6.07) is 0. The van der Waals surface area contributed by atoms with Crippen LogP contribution in [0.1, 0.15) is 33.1 Å². The van der Waals surface area contributed by atoms with Crippen LogP contribution in [0.15, 0.2) is 12.2 Å². The summed E-state index contributed by atoms with van der Waals surface area (Å²) in [5.74, 6) is -2.38. The third-order valence-corrected chi connectivity index (χ3v) is 7.75. The van der Waals surface area contributed by atoms with E-state index in [0.29, 0.717) is 12.8 Å². The van der Waals surface area contributed by atoms with Crippen LogP contribution in [0.25, 0.3) is 0 Å². The monoisotopic (exact) mass is 458 g/mol. The van der Waals surface area contributed by atoms with Gasteiger partial charge in [0.1, 0.15) is 30.2 Å². The van der Waals surface area contributed by atoms with E-state index in [9.17, 15) is 35.1 Å². The van der Waals surface area contributed by atoms with Crippen molar-refractivity contribution in [3.05, 3.63) is 12.2 Å². The van der Waals surface area contributed by atoms with Crippen LogP contribution in [-0.4, -0.2) is 93.9 Å². The predicted octanol–water partition coefficient (Wildman–Crippen LogP) is -1.10. The second-order valence-electron chi connectivity index (χ2n) is 9.47. The van der Waals surface area contributed by atoms with E-state index in [1.807, 2.05) is 6.92 Å². The zero-order valence-corrected chi connectivity index (χ0v) is 18.6. The normalized spacial score (nSPS) is 46.9. The molecular formula is C22H34O10. The zero-order valence-electron chi connectivity index (χ0n) is 18.6. The molecule has 0 bridgehead atoms. The van der Waals surface area contributed by atoms with E-state index < -0.39 is 78.7 Å². The van der Waals surface area contributed by atoms with Crippen LogP contribution in [0.2, 0.25) is 0 Å². The van der Waals surface area contributed by atoms with E-state index in [0.717, 1.165) is 0 Å². The Morgan fingerprint density at radius 2 is 1.84 bits per heavy atom. The van der Waals surface area contributed by atoms with Gasteiger partial charge in [-0.3, -0.25) is 4.79 Å². The first-order valence-electron chi connectivity index (χ1n) is 10.9. The third kappa shape index (κ3) is 4.13. The highest BCUT2D eigenvalue weighted by Crippen LogP contribution is 2.55. The van der Waals surface area contributed by atoms with Gasteiger partial charge in [0.25, 0.3) is 0 Å². The van der Waals surface area contributed by atoms with Crippen LogP contribution in [0, 0.1) is 23.2 Å². The van der Waals surface area contributed by atoms with Crippen LogP contribution < -0.4 is 0 Å². The SMILES string of the molecule is C=C(C(=O)OC)[C@@H]1CC[C@@]2(C)[C@H]([C@@H]1O)[C@@H](C)C(=O)C[C@H]2O[C@@H]1O[C@H](CO)[C@@H](O)[C@H](O)[C@H]1O. The molecule has 0 aromatic heterocycles. The molecule has 0 aromatic rings. The van der Waals surface area contributed by atoms with Crippen LogP contribution in [-0.2, 0) is 23.8 Å². The van der Waals surface area contributed by atoms with E-state index >= 15 is 0 Å². The first-order chi connectivity index (χ1) is 15.0. The summed E-state index contributed by atoms with van der Waals surface area (Å²) < 4.78 is 16.2. The number of hydrogen-bond donors (Lipinski definition) is 5. The molecule has 1 heterocycles. The Bertz CT molecular complexity index is 738. The van der Waals surface area contributed by atoms with Gasteiger partial charge in [-0.1, -0.05) is 20.4 Å². The standard InChI is InChI=1S/C22H34O10/c1-9(20(29)30-4)11-5-6-22(3)14(7-12(24)10(2)15(22)16(11)25)32-21-19(28)18(27)17(26)13(8-23)31-21/h10-11,13-19,21,23,25-28H,1,5-8H2,2-4H3/t10-,11-,13+,14+,15-,16+,17+,18-,19+,21-,22+/m0/s1. The number of Topliss-reactive ketones (excluding diaryl/α,β-unsaturated/α-hetero) is 1. The van der Waals surface area contributed by atoms with Crippen LogP contribution in [0.3, 0.4) is 0 Å². The number of aliphatic hydroxyl groups excluding tert-OH is 5. The molecule has 2 aliphatic carbocycles. The molecule has 0 spiro atoms. The van der Waals surface area contributed by atoms with Crippen LogP contribution in [0.4, 0.5) is 0 Å². The van der Waals surface area contributed by atoms with Gasteiger partial charge in [0, 0.05) is 35.2 Å². The third-order valence-electron chi connectivity index (χ3n) is 7.75. The number of carbonyl (C=O) groups excluding carboxylic acids is 2. The maximum Gasteiger partial charge on any atom is 0.333 e. The number of fused-ring (bicyclic) bond motifs is 1. The second kappa shape index (κ2) is 9.46. The summed E-state index contributed by atoms with van der Waals surface area (Å²) in [7, 11) is 1.24. The first kappa shape index (κ1) is 25.2. The van der Waals surface area contributed by atoms with Gasteiger partial charge in [-0.15, -0.1) is 0 Å². The molecule has 0 aromatic carbocycles. The zero-order chi connectivity index (χ0) is 24.0. The number of hydrogen-bond acceptors (Lipinski definition) is 10. The van der Waals surface area contributed by atoms with E-state index in [2.05, 4.69) is 6.58 Å². The van der Waals surface area contributed by atoms with Crippen molar-refractivity contribution < 1.29 is 49.3 Å². The molecule has 10 nitrogen and oxygen atoms in total. The maximum atomic E-state index is 12.8. The highest BCUT2D eigenvalue weighted by molar-refractivity contribution is 5.88. The largest absolute Gasteiger partial charge is 0.466 e. The van der Waals surface area contributed by atoms with Gasteiger partial charge in [-0.05, 0) is 12.8 Å². The van der Waals surface area contributed by atoms with Crippen molar-refractivity contribution in [1.82, 2.24) is 0 Å². The Labute approximate surface area is 186 Å². The lowest BCUT2D eigenvalue weighted by atomic mass is 9.52. The molecule has 0 amide bonds. The predicted molar refractivity (Wildman–Crippen MR) is 109 cm³/mol. The fourth-order valence-corrected chi connectivity index (χ4v) is 5.70. The lowest BCUT2D eigenvalue weighted by molar-refractivity contribution is -0.326. The molecule has 0 radical (unpaired) electrons. The summed E-state index contributed by atoms with van der Waals surface area (Å²) in [6.45, 7) is 6.81. The van der Waals surface area contributed by atoms with Crippen molar-refractivity contribution >= 4 is 11.8 Å². The topological polar surface area (TPSA) is 163 Å². The fraction of sp³-hybridized carbons (Fsp3) is 0.818. The van der Waals surface area contributed by atoms with Gasteiger partial charge in [0.15, 0.2) is 6.29 Å². The quantitative estimate of drug-likeness (QED) is 0.252. The molecule has 32 heavy (non-hydrogen) atoms. The molecule has 11 atom stereocenters. The van der Waals surface area contributed by atoms with Gasteiger partial charge < -0.3 is 39.7 Å². The summed E-state index contributed by atoms with van der Waals surface area (Å²) in [4.78, 5) is 24.8. The molecule has 3 rings (SSSR count). The number of methoxy groups -OCH3 is 1. The number of ketones is 1. The van der Waals surface area contributed by atoms with Crippen LogP contribution in [0.5, 0.6) is 0 Å². The molecule has 3 aliphatic rings. The van der Waals surface area contributed by atoms with E-state index in [-0.39, 0.29) is 17.8 Å². The summed E-state index contributed by atoms with van der Waals surface area (Å²) >= 11 is 0. The van der Waals surface area contributed by atoms with Gasteiger partial charge >= 0.3 is 5.97 Å². The minimum Gasteiger partial charge on any atom is -0.466 e. The van der Waals surface area contributed by atoms with Crippen molar-refractivity contribution in [2.45, 2.75) is 76.0 Å². The molecular weight excluding hydrogens is 424 g/mol. The molecule has 0 unspecified atom stereocenters. The van der Waals surface area contributed by atoms with E-state index in [4.69, 9.17) is 14.2 Å². The highest BCUT2D eigenvalue weighted by atomic mass is 16.7. The van der Waals surface area contributed by atoms with Crippen molar-refractivity contribution in [2.24, 2.45) is 23.2 Å². The van der Waals surface area contributed by atoms with E-state index in [1.54, 1.807) is 6.92 Å². The Kier molecular flexibility index (Phi) is 7.45. The number of ether oxygens (including phenoxy) is 3. The number of aliphatic hydroxyl groups is 5. The maximum absolute atomic E-state index is 12.8. The first-order valence-corrected chi connectivity index (χ1v) is 10.9. The molecule has 1 saturated heterocycles. The Hall–Kier alpha value is -1.40. The van der Waals surface area contributed by atoms with Crippen molar-refractivity contribution in [3.63, 3.8) is 0 Å². The van der Waals surface area contributed by atoms with Crippen molar-refractivity contribution in [2.75, 3.05) is 13.7 Å². The molecule has 10 heteroatoms. The Morgan fingerprint density at radius 1 is 1.19 bits per heavy atom. The van der Waals surface area contributed by atoms with Gasteiger partial charge in [-0.2, -0.15) is 0 Å². The van der Waals surface area contributed by atoms with Crippen LogP contribution >= 0.6 is 0 Å². The Morgan fingerprint density at radius 3 is 2.44 bits per heavy atom. The molecule has 182 valence electrons. The van der Waals surface area contributed by atoms with E-state index in [1.165, 1.54) is 7.11 Å². The minimum atomic E-state index is -1.60. The second-order valence-corrected chi connectivity index (χ2v) is 9.47. The summed E-state index contributed by atoms with van der Waals surface area (Å²) in [5.41, 5.74) is -0.558. The fourth-order valence-electron chi connectivity index (χ4n) is 5.70. The van der Waals surface area contributed by atoms with Gasteiger partial charge in [0.05, 0.1) is 25.9 Å². The lowest BCUT2D eigenvalue weighted by Crippen LogP contribution is -2.63. The summed E-state index contributed by atoms with van der Waals surface area (Å²) in [6.07, 6.45) is -8.11. The summed E-state index contributed by atoms with van der Waals surface area (Å²) in [5, 5.41) is 51.0. The molecule has 2 saturated carbocycles. The number of carbonyl (C=O) groups is 2. The highest BCUT2D eigenvalue weighted by Gasteiger charge is 2.59. The Balaban J connectivity index is 1.86. The number of esters is 1. The van der Waals surface area contributed by atoms with Crippen molar-refractivity contribution in [1.29, 1.82) is 0 Å². The van der Waals surface area contributed by atoms with Gasteiger partial charge in [0.2, 0.25) is 0 Å². The number of rotatable bonds is 5. The van der Waals surface area contributed by atoms with Gasteiger partial charge in [-0.25, -0.2) is 4.79 Å². The average Bonchev–Trinajstić information content (AvgIpc) is 2.76. The minimum absolute atomic E-state index is 0.0124. The average molecular weight is 459 g/mol. The molecule has 5 N–H and O–H groups in total.